The second-order valence-electron chi connectivity index (χ2n) is 8.70. The van der Waals surface area contributed by atoms with E-state index >= 15 is 0 Å². The number of anilines is 1. The Kier molecular flexibility index (Phi) is 9.59. The van der Waals surface area contributed by atoms with Crippen LogP contribution in [0, 0.1) is 6.92 Å². The van der Waals surface area contributed by atoms with Gasteiger partial charge in [-0.1, -0.05) is 83.4 Å². The first-order chi connectivity index (χ1) is 17.5. The number of halogens is 2. The van der Waals surface area contributed by atoms with Crippen molar-refractivity contribution in [1.29, 1.82) is 0 Å². The molecule has 3 aromatic carbocycles. The highest BCUT2D eigenvalue weighted by Crippen LogP contribution is 2.29. The van der Waals surface area contributed by atoms with Gasteiger partial charge in [-0.15, -0.1) is 0 Å². The van der Waals surface area contributed by atoms with Crippen molar-refractivity contribution in [2.24, 2.45) is 0 Å². The van der Waals surface area contributed by atoms with E-state index in [1.54, 1.807) is 0 Å². The molecular formula is C27H29Cl2N3O4S. The van der Waals surface area contributed by atoms with Gasteiger partial charge >= 0.3 is 0 Å². The second-order valence-corrected chi connectivity index (χ2v) is 11.4. The molecule has 1 N–H and O–H groups in total. The summed E-state index contributed by atoms with van der Waals surface area (Å²) in [6.07, 6.45) is 1.26. The first-order valence-corrected chi connectivity index (χ1v) is 14.1. The maximum atomic E-state index is 13.8. The summed E-state index contributed by atoms with van der Waals surface area (Å²) in [5.41, 5.74) is 2.87. The summed E-state index contributed by atoms with van der Waals surface area (Å²) in [6, 6.07) is 20.4. The Labute approximate surface area is 228 Å². The molecule has 37 heavy (non-hydrogen) atoms. The SMILES string of the molecule is CNC(=O)C(Cc1ccccc1)N(Cc1cccc(C)c1)C(=O)CN(c1ccc(Cl)c(Cl)c1)S(C)(=O)=O. The number of hydrogen-bond donors (Lipinski definition) is 1. The number of nitrogens with one attached hydrogen (secondary N) is 1. The molecule has 3 rings (SSSR count). The van der Waals surface area contributed by atoms with Crippen molar-refractivity contribution in [3.63, 3.8) is 0 Å². The molecule has 0 bridgehead atoms. The Balaban J connectivity index is 2.04. The molecule has 2 amide bonds. The van der Waals surface area contributed by atoms with Crippen molar-refractivity contribution in [1.82, 2.24) is 10.2 Å². The van der Waals surface area contributed by atoms with Crippen LogP contribution in [0.5, 0.6) is 0 Å². The fourth-order valence-corrected chi connectivity index (χ4v) is 5.12. The van der Waals surface area contributed by atoms with Crippen LogP contribution >= 0.6 is 23.2 Å². The number of sulfonamides is 1. The Bertz CT molecular complexity index is 1370. The van der Waals surface area contributed by atoms with Crippen LogP contribution in [-0.4, -0.2) is 51.0 Å². The second kappa shape index (κ2) is 12.4. The average Bonchev–Trinajstić information content (AvgIpc) is 2.86. The van der Waals surface area contributed by atoms with E-state index in [-0.39, 0.29) is 34.6 Å². The highest BCUT2D eigenvalue weighted by atomic mass is 35.5. The number of likely N-dealkylation sites (N-methyl/N-ethyl adjacent to an activating group) is 1. The molecule has 196 valence electrons. The summed E-state index contributed by atoms with van der Waals surface area (Å²) in [5.74, 6) is -0.896. The van der Waals surface area contributed by atoms with Crippen LogP contribution in [0.1, 0.15) is 16.7 Å². The van der Waals surface area contributed by atoms with Crippen LogP contribution in [0.25, 0.3) is 0 Å². The molecule has 0 aliphatic heterocycles. The maximum Gasteiger partial charge on any atom is 0.244 e. The van der Waals surface area contributed by atoms with E-state index in [1.165, 1.54) is 30.1 Å². The van der Waals surface area contributed by atoms with Gasteiger partial charge in [0.1, 0.15) is 12.6 Å². The van der Waals surface area contributed by atoms with Gasteiger partial charge in [-0.25, -0.2) is 8.42 Å². The zero-order valence-electron chi connectivity index (χ0n) is 20.8. The monoisotopic (exact) mass is 561 g/mol. The maximum absolute atomic E-state index is 13.8. The molecule has 0 aromatic heterocycles. The van der Waals surface area contributed by atoms with Gasteiger partial charge in [0.15, 0.2) is 0 Å². The Hall–Kier alpha value is -3.07. The van der Waals surface area contributed by atoms with Crippen LogP contribution in [0.3, 0.4) is 0 Å². The van der Waals surface area contributed by atoms with Gasteiger partial charge < -0.3 is 10.2 Å². The highest BCUT2D eigenvalue weighted by molar-refractivity contribution is 7.92. The minimum absolute atomic E-state index is 0.115. The van der Waals surface area contributed by atoms with E-state index in [4.69, 9.17) is 23.2 Å². The number of benzene rings is 3. The van der Waals surface area contributed by atoms with Crippen molar-refractivity contribution in [2.45, 2.75) is 25.9 Å². The molecular weight excluding hydrogens is 533 g/mol. The summed E-state index contributed by atoms with van der Waals surface area (Å²) in [6.45, 7) is 1.53. The predicted molar refractivity (Wildman–Crippen MR) is 148 cm³/mol. The molecule has 3 aromatic rings. The molecule has 0 aliphatic rings. The number of carbonyl (C=O) groups excluding carboxylic acids is 2. The third-order valence-corrected chi connectivity index (χ3v) is 7.70. The molecule has 10 heteroatoms. The summed E-state index contributed by atoms with van der Waals surface area (Å²) in [4.78, 5) is 28.4. The number of carbonyl (C=O) groups is 2. The van der Waals surface area contributed by atoms with Gasteiger partial charge in [-0.2, -0.15) is 0 Å². The van der Waals surface area contributed by atoms with Crippen molar-refractivity contribution in [3.05, 3.63) is 99.5 Å². The van der Waals surface area contributed by atoms with Gasteiger partial charge in [0.25, 0.3) is 0 Å². The Morgan fingerprint density at radius 2 is 1.59 bits per heavy atom. The van der Waals surface area contributed by atoms with Gasteiger partial charge in [-0.3, -0.25) is 13.9 Å². The van der Waals surface area contributed by atoms with E-state index in [9.17, 15) is 18.0 Å². The van der Waals surface area contributed by atoms with E-state index in [1.807, 2.05) is 61.5 Å². The fourth-order valence-electron chi connectivity index (χ4n) is 3.98. The third-order valence-electron chi connectivity index (χ3n) is 5.82. The van der Waals surface area contributed by atoms with Crippen LogP contribution < -0.4 is 9.62 Å². The zero-order chi connectivity index (χ0) is 27.2. The van der Waals surface area contributed by atoms with Crippen molar-refractivity contribution in [3.8, 4) is 0 Å². The molecule has 1 atom stereocenters. The van der Waals surface area contributed by atoms with Gasteiger partial charge in [0.05, 0.1) is 22.0 Å². The van der Waals surface area contributed by atoms with E-state index < -0.39 is 28.5 Å². The molecule has 0 saturated carbocycles. The van der Waals surface area contributed by atoms with Crippen molar-refractivity contribution in [2.75, 3.05) is 24.2 Å². The Morgan fingerprint density at radius 1 is 0.919 bits per heavy atom. The number of nitrogens with zero attached hydrogens (tertiary/aromatic N) is 2. The third kappa shape index (κ3) is 7.71. The lowest BCUT2D eigenvalue weighted by Crippen LogP contribution is -2.52. The number of amides is 2. The number of aryl methyl sites for hydroxylation is 1. The minimum atomic E-state index is -3.88. The normalized spacial score (nSPS) is 12.0. The highest BCUT2D eigenvalue weighted by Gasteiger charge is 2.32. The molecule has 0 saturated heterocycles. The summed E-state index contributed by atoms with van der Waals surface area (Å²) in [7, 11) is -2.37. The summed E-state index contributed by atoms with van der Waals surface area (Å²) >= 11 is 12.1. The number of hydrogen-bond acceptors (Lipinski definition) is 4. The van der Waals surface area contributed by atoms with Crippen LogP contribution in [-0.2, 0) is 32.6 Å². The molecule has 7 nitrogen and oxygen atoms in total. The quantitative estimate of drug-likeness (QED) is 0.396. The first kappa shape index (κ1) is 28.5. The molecule has 0 heterocycles. The van der Waals surface area contributed by atoms with E-state index in [0.717, 1.165) is 27.3 Å². The lowest BCUT2D eigenvalue weighted by atomic mass is 10.0. The van der Waals surface area contributed by atoms with Crippen LogP contribution in [0.2, 0.25) is 10.0 Å². The van der Waals surface area contributed by atoms with Crippen molar-refractivity contribution < 1.29 is 18.0 Å². The molecule has 1 unspecified atom stereocenters. The van der Waals surface area contributed by atoms with E-state index in [0.29, 0.717) is 0 Å². The van der Waals surface area contributed by atoms with Gasteiger partial charge in [-0.05, 0) is 36.2 Å². The smallest absolute Gasteiger partial charge is 0.244 e. The van der Waals surface area contributed by atoms with Crippen LogP contribution in [0.15, 0.2) is 72.8 Å². The molecule has 0 spiro atoms. The standard InChI is InChI=1S/C27H29Cl2N3O4S/c1-19-8-7-11-21(14-19)17-31(25(27(34)30-2)15-20-9-5-4-6-10-20)26(33)18-32(37(3,35)36)22-12-13-23(28)24(29)16-22/h4-14,16,25H,15,17-18H2,1-3H3,(H,30,34). The topological polar surface area (TPSA) is 86.8 Å². The zero-order valence-corrected chi connectivity index (χ0v) is 23.1. The fraction of sp³-hybridized carbons (Fsp3) is 0.259. The largest absolute Gasteiger partial charge is 0.357 e. The lowest BCUT2D eigenvalue weighted by Gasteiger charge is -2.33. The van der Waals surface area contributed by atoms with Crippen molar-refractivity contribution >= 4 is 50.7 Å². The molecule has 0 fully saturated rings. The average molecular weight is 563 g/mol. The first-order valence-electron chi connectivity index (χ1n) is 11.5. The van der Waals surface area contributed by atoms with E-state index in [2.05, 4.69) is 5.32 Å². The molecule has 0 radical (unpaired) electrons. The number of rotatable bonds is 10. The summed E-state index contributed by atoms with van der Waals surface area (Å²) in [5, 5.41) is 3.06. The van der Waals surface area contributed by atoms with Gasteiger partial charge in [0.2, 0.25) is 21.8 Å². The summed E-state index contributed by atoms with van der Waals surface area (Å²) < 4.78 is 26.4. The minimum Gasteiger partial charge on any atom is -0.357 e. The molecule has 0 aliphatic carbocycles. The lowest BCUT2D eigenvalue weighted by molar-refractivity contribution is -0.139. The van der Waals surface area contributed by atoms with Gasteiger partial charge in [0, 0.05) is 20.0 Å². The van der Waals surface area contributed by atoms with Crippen LogP contribution in [0.4, 0.5) is 5.69 Å². The Morgan fingerprint density at radius 3 is 2.19 bits per heavy atom. The predicted octanol–water partition coefficient (Wildman–Crippen LogP) is 4.45.